The third kappa shape index (κ3) is 59.3. The summed E-state index contributed by atoms with van der Waals surface area (Å²) < 4.78 is 10.7. The van der Waals surface area contributed by atoms with Gasteiger partial charge in [0.05, 0.1) is 6.61 Å². The lowest BCUT2D eigenvalue weighted by Crippen LogP contribution is -2.28. The summed E-state index contributed by atoms with van der Waals surface area (Å²) in [6.07, 6.45) is 86.8. The van der Waals surface area contributed by atoms with Crippen LogP contribution in [0.25, 0.3) is 0 Å². The number of ether oxygens (including phenoxy) is 2. The third-order valence-corrected chi connectivity index (χ3v) is 13.1. The molecule has 0 fully saturated rings. The Morgan fingerprint density at radius 2 is 0.606 bits per heavy atom. The van der Waals surface area contributed by atoms with Gasteiger partial charge in [0.25, 0.3) is 0 Å². The monoisotopic (exact) mass is 987 g/mol. The Labute approximate surface area is 440 Å². The van der Waals surface area contributed by atoms with E-state index in [1.54, 1.807) is 0 Å². The first-order valence-electron chi connectivity index (χ1n) is 30.3. The summed E-state index contributed by atoms with van der Waals surface area (Å²) in [5.41, 5.74) is 0. The van der Waals surface area contributed by atoms with Crippen LogP contribution in [-0.4, -0.2) is 36.4 Å². The maximum Gasteiger partial charge on any atom is 0.306 e. The van der Waals surface area contributed by atoms with Crippen molar-refractivity contribution in [2.24, 2.45) is 0 Å². The molecular formula is C66H114O5. The van der Waals surface area contributed by atoms with Gasteiger partial charge in [-0.3, -0.25) is 9.59 Å². The maximum atomic E-state index is 12.3. The van der Waals surface area contributed by atoms with Crippen molar-refractivity contribution < 1.29 is 24.2 Å². The first-order chi connectivity index (χ1) is 35.1. The van der Waals surface area contributed by atoms with Gasteiger partial charge in [-0.1, -0.05) is 297 Å². The highest BCUT2D eigenvalue weighted by Crippen LogP contribution is 2.17. The fourth-order valence-corrected chi connectivity index (χ4v) is 8.63. The van der Waals surface area contributed by atoms with E-state index >= 15 is 0 Å². The van der Waals surface area contributed by atoms with Gasteiger partial charge in [-0.15, -0.1) is 0 Å². The minimum absolute atomic E-state index is 0.0787. The predicted molar refractivity (Wildman–Crippen MR) is 311 cm³/mol. The molecule has 5 nitrogen and oxygen atoms in total. The Morgan fingerprint density at radius 1 is 0.338 bits per heavy atom. The molecule has 0 radical (unpaired) electrons. The molecule has 0 aromatic heterocycles. The molecule has 0 saturated carbocycles. The molecule has 1 atom stereocenters. The summed E-state index contributed by atoms with van der Waals surface area (Å²) in [6.45, 7) is 4.04. The van der Waals surface area contributed by atoms with Crippen molar-refractivity contribution in [2.75, 3.05) is 13.2 Å². The number of unbranched alkanes of at least 4 members (excludes halogenated alkanes) is 31. The van der Waals surface area contributed by atoms with Crippen LogP contribution < -0.4 is 0 Å². The third-order valence-electron chi connectivity index (χ3n) is 13.1. The lowest BCUT2D eigenvalue weighted by Gasteiger charge is -2.15. The van der Waals surface area contributed by atoms with Crippen molar-refractivity contribution in [3.8, 4) is 0 Å². The van der Waals surface area contributed by atoms with Crippen molar-refractivity contribution in [1.82, 2.24) is 0 Å². The van der Waals surface area contributed by atoms with E-state index in [-0.39, 0.29) is 25.2 Å². The Morgan fingerprint density at radius 3 is 0.915 bits per heavy atom. The average Bonchev–Trinajstić information content (AvgIpc) is 3.37. The summed E-state index contributed by atoms with van der Waals surface area (Å²) in [5, 5.41) is 9.67. The standard InChI is InChI=1S/C66H114O5/c1-3-5-7-9-11-13-15-17-19-21-23-25-27-29-31-33-35-37-39-41-43-45-47-49-51-53-55-57-59-61-66(69)71-64(62-67)63-70-65(68)60-58-56-54-52-50-48-46-44-42-40-38-36-34-32-30-28-26-24-22-20-18-16-14-12-10-8-6-4-2/h5,7,11,13,17,19,23,25,29,31,35,37,41,43,47,49,64,67H,3-4,6,8-10,12,14-16,18,20-22,24,26-28,30,32-34,36,38-40,42,44-46,48,50-63H2,1-2H3/b7-5-,13-11-,19-17-,25-23-,31-29-,37-35-,43-41-,49-47-. The lowest BCUT2D eigenvalue weighted by molar-refractivity contribution is -0.161. The summed E-state index contributed by atoms with van der Waals surface area (Å²) in [6, 6.07) is 0. The SMILES string of the molecule is CC/C=C\C/C=C\C/C=C\C/C=C\C/C=C\C/C=C\C/C=C\C/C=C\CCCCCCC(=O)OC(CO)COC(=O)CCCCCCCCCCCCCCCCCCCCCCCCCCCCCC. The number of hydrogen-bond donors (Lipinski definition) is 1. The van der Waals surface area contributed by atoms with Crippen LogP contribution >= 0.6 is 0 Å². The van der Waals surface area contributed by atoms with E-state index in [4.69, 9.17) is 9.47 Å². The second kappa shape index (κ2) is 61.1. The summed E-state index contributed by atoms with van der Waals surface area (Å²) in [5.74, 6) is -0.614. The van der Waals surface area contributed by atoms with Gasteiger partial charge in [0.15, 0.2) is 6.10 Å². The van der Waals surface area contributed by atoms with Crippen molar-refractivity contribution in [2.45, 2.75) is 296 Å². The van der Waals surface area contributed by atoms with E-state index in [9.17, 15) is 14.7 Å². The first-order valence-corrected chi connectivity index (χ1v) is 30.3. The normalized spacial score (nSPS) is 12.9. The van der Waals surface area contributed by atoms with E-state index in [1.807, 2.05) is 0 Å². The zero-order chi connectivity index (χ0) is 51.3. The molecule has 71 heavy (non-hydrogen) atoms. The van der Waals surface area contributed by atoms with E-state index < -0.39 is 6.10 Å². The Kier molecular flexibility index (Phi) is 58.4. The zero-order valence-electron chi connectivity index (χ0n) is 46.7. The van der Waals surface area contributed by atoms with Gasteiger partial charge >= 0.3 is 11.9 Å². The van der Waals surface area contributed by atoms with Crippen LogP contribution in [0.15, 0.2) is 97.2 Å². The number of allylic oxidation sites excluding steroid dienone is 16. The van der Waals surface area contributed by atoms with Gasteiger partial charge in [0.1, 0.15) is 6.61 Å². The number of rotatable bonds is 55. The molecule has 0 aliphatic carbocycles. The second-order valence-corrected chi connectivity index (χ2v) is 20.1. The second-order valence-electron chi connectivity index (χ2n) is 20.1. The number of carbonyl (C=O) groups excluding carboxylic acids is 2. The van der Waals surface area contributed by atoms with Crippen LogP contribution in [0.4, 0.5) is 0 Å². The van der Waals surface area contributed by atoms with Crippen LogP contribution in [0.2, 0.25) is 0 Å². The highest BCUT2D eigenvalue weighted by atomic mass is 16.6. The molecule has 0 amide bonds. The van der Waals surface area contributed by atoms with E-state index in [0.717, 1.165) is 103 Å². The quantitative estimate of drug-likeness (QED) is 0.0373. The van der Waals surface area contributed by atoms with Gasteiger partial charge < -0.3 is 14.6 Å². The minimum atomic E-state index is -0.792. The number of carbonyl (C=O) groups is 2. The van der Waals surface area contributed by atoms with Gasteiger partial charge in [0.2, 0.25) is 0 Å². The molecule has 0 rings (SSSR count). The van der Waals surface area contributed by atoms with Crippen molar-refractivity contribution >= 4 is 11.9 Å². The highest BCUT2D eigenvalue weighted by molar-refractivity contribution is 5.70. The number of hydrogen-bond acceptors (Lipinski definition) is 5. The Bertz CT molecular complexity index is 1350. The molecule has 1 N–H and O–H groups in total. The minimum Gasteiger partial charge on any atom is -0.462 e. The van der Waals surface area contributed by atoms with Crippen LogP contribution in [0.5, 0.6) is 0 Å². The van der Waals surface area contributed by atoms with Gasteiger partial charge in [0, 0.05) is 12.8 Å². The van der Waals surface area contributed by atoms with Crippen LogP contribution in [0.1, 0.15) is 290 Å². The molecule has 0 aliphatic rings. The van der Waals surface area contributed by atoms with Gasteiger partial charge in [-0.05, 0) is 77.0 Å². The number of aliphatic hydroxyl groups excluding tert-OH is 1. The predicted octanol–water partition coefficient (Wildman–Crippen LogP) is 20.7. The fraction of sp³-hybridized carbons (Fsp3) is 0.727. The molecule has 0 bridgehead atoms. The molecule has 0 spiro atoms. The molecule has 5 heteroatoms. The fourth-order valence-electron chi connectivity index (χ4n) is 8.63. The van der Waals surface area contributed by atoms with E-state index in [1.165, 1.54) is 161 Å². The molecule has 0 aromatic carbocycles. The largest absolute Gasteiger partial charge is 0.462 e. The van der Waals surface area contributed by atoms with Gasteiger partial charge in [-0.2, -0.15) is 0 Å². The topological polar surface area (TPSA) is 72.8 Å². The van der Waals surface area contributed by atoms with E-state index in [2.05, 4.69) is 111 Å². The lowest BCUT2D eigenvalue weighted by atomic mass is 10.0. The summed E-state index contributed by atoms with van der Waals surface area (Å²) >= 11 is 0. The first kappa shape index (κ1) is 67.8. The molecule has 0 heterocycles. The molecule has 0 saturated heterocycles. The number of aliphatic hydroxyl groups is 1. The van der Waals surface area contributed by atoms with Crippen LogP contribution in [0.3, 0.4) is 0 Å². The average molecular weight is 988 g/mol. The Balaban J connectivity index is 3.54. The maximum absolute atomic E-state index is 12.3. The van der Waals surface area contributed by atoms with Crippen molar-refractivity contribution in [1.29, 1.82) is 0 Å². The number of esters is 2. The van der Waals surface area contributed by atoms with Crippen LogP contribution in [-0.2, 0) is 19.1 Å². The van der Waals surface area contributed by atoms with Crippen molar-refractivity contribution in [3.05, 3.63) is 97.2 Å². The molecule has 0 aromatic rings. The highest BCUT2D eigenvalue weighted by Gasteiger charge is 2.16. The van der Waals surface area contributed by atoms with Crippen molar-refractivity contribution in [3.63, 3.8) is 0 Å². The zero-order valence-corrected chi connectivity index (χ0v) is 46.7. The molecule has 1 unspecified atom stereocenters. The molecule has 408 valence electrons. The summed E-state index contributed by atoms with van der Waals surface area (Å²) in [4.78, 5) is 24.6. The Hall–Kier alpha value is -3.18. The molecule has 0 aliphatic heterocycles. The molecular weight excluding hydrogens is 873 g/mol. The van der Waals surface area contributed by atoms with Gasteiger partial charge in [-0.25, -0.2) is 0 Å². The smallest absolute Gasteiger partial charge is 0.306 e. The summed E-state index contributed by atoms with van der Waals surface area (Å²) in [7, 11) is 0. The van der Waals surface area contributed by atoms with E-state index in [0.29, 0.717) is 12.8 Å². The van der Waals surface area contributed by atoms with Crippen LogP contribution in [0, 0.1) is 0 Å².